The third-order valence-electron chi connectivity index (χ3n) is 2.87. The van der Waals surface area contributed by atoms with Gasteiger partial charge in [-0.05, 0) is 12.1 Å². The molecule has 0 aliphatic rings. The van der Waals surface area contributed by atoms with E-state index in [1.807, 2.05) is 16.4 Å². The van der Waals surface area contributed by atoms with E-state index in [-0.39, 0.29) is 10.8 Å². The second-order valence-corrected chi connectivity index (χ2v) is 6.56. The Balaban J connectivity index is 1.51. The normalized spacial score (nSPS) is 10.9. The van der Waals surface area contributed by atoms with Crippen molar-refractivity contribution in [1.82, 2.24) is 30.6 Å². The fourth-order valence-electron chi connectivity index (χ4n) is 1.75. The summed E-state index contributed by atoms with van der Waals surface area (Å²) < 4.78 is 0. The van der Waals surface area contributed by atoms with Gasteiger partial charge in [-0.3, -0.25) is 19.6 Å². The first-order chi connectivity index (χ1) is 12.6. The standard InChI is InChI=1S/C14H11N7O3S2/c22-10(7-26-13-11(23)18-14(24)21-20-13)19-17-6-9-2-1-8(5-16-9)12-15-3-4-25-12/h1-6H,7H2,(H,19,22)(H2,18,21,23,24). The van der Waals surface area contributed by atoms with Crippen LogP contribution in [0.4, 0.5) is 0 Å². The summed E-state index contributed by atoms with van der Waals surface area (Å²) >= 11 is 2.39. The van der Waals surface area contributed by atoms with Crippen LogP contribution < -0.4 is 16.7 Å². The fourth-order valence-corrected chi connectivity index (χ4v) is 3.00. The van der Waals surface area contributed by atoms with Crippen LogP contribution in [0.1, 0.15) is 5.69 Å². The van der Waals surface area contributed by atoms with E-state index in [0.717, 1.165) is 22.3 Å². The predicted octanol–water partition coefficient (Wildman–Crippen LogP) is 0.219. The molecule has 0 bridgehead atoms. The van der Waals surface area contributed by atoms with E-state index >= 15 is 0 Å². The molecule has 0 atom stereocenters. The minimum atomic E-state index is -0.707. The van der Waals surface area contributed by atoms with Crippen molar-refractivity contribution < 1.29 is 4.79 Å². The van der Waals surface area contributed by atoms with E-state index in [1.54, 1.807) is 18.5 Å². The lowest BCUT2D eigenvalue weighted by molar-refractivity contribution is -0.118. The SMILES string of the molecule is O=C(CSc1n[nH]c(=O)[nH]c1=O)NN=Cc1ccc(-c2nccs2)cn1. The topological polar surface area (TPSA) is 146 Å². The van der Waals surface area contributed by atoms with Gasteiger partial charge in [-0.15, -0.1) is 11.3 Å². The van der Waals surface area contributed by atoms with Crippen molar-refractivity contribution >= 4 is 35.2 Å². The van der Waals surface area contributed by atoms with Crippen LogP contribution in [0, 0.1) is 0 Å². The van der Waals surface area contributed by atoms with Gasteiger partial charge in [0, 0.05) is 23.3 Å². The third kappa shape index (κ3) is 4.70. The molecule has 3 aromatic rings. The van der Waals surface area contributed by atoms with E-state index in [2.05, 4.69) is 30.7 Å². The number of aromatic amines is 2. The van der Waals surface area contributed by atoms with Crippen molar-refractivity contribution in [2.75, 3.05) is 5.75 Å². The average molecular weight is 389 g/mol. The van der Waals surface area contributed by atoms with Crippen LogP contribution in [0.2, 0.25) is 0 Å². The van der Waals surface area contributed by atoms with E-state index < -0.39 is 17.2 Å². The van der Waals surface area contributed by atoms with Gasteiger partial charge in [0.05, 0.1) is 17.7 Å². The highest BCUT2D eigenvalue weighted by Crippen LogP contribution is 2.20. The number of thioether (sulfide) groups is 1. The molecule has 132 valence electrons. The monoisotopic (exact) mass is 389 g/mol. The predicted molar refractivity (Wildman–Crippen MR) is 97.3 cm³/mol. The Labute approximate surface area is 153 Å². The maximum atomic E-state index is 11.7. The first kappa shape index (κ1) is 17.7. The molecule has 0 radical (unpaired) electrons. The summed E-state index contributed by atoms with van der Waals surface area (Å²) in [5, 5.41) is 12.2. The van der Waals surface area contributed by atoms with Gasteiger partial charge in [-0.2, -0.15) is 10.2 Å². The lowest BCUT2D eigenvalue weighted by Crippen LogP contribution is -2.26. The molecule has 0 saturated carbocycles. The van der Waals surface area contributed by atoms with E-state index in [4.69, 9.17) is 0 Å². The molecule has 0 spiro atoms. The van der Waals surface area contributed by atoms with Crippen molar-refractivity contribution in [3.8, 4) is 10.6 Å². The number of hydrazone groups is 1. The van der Waals surface area contributed by atoms with Crippen molar-refractivity contribution in [1.29, 1.82) is 0 Å². The Morgan fingerprint density at radius 1 is 1.35 bits per heavy atom. The smallest absolute Gasteiger partial charge is 0.272 e. The zero-order valence-corrected chi connectivity index (χ0v) is 14.6. The number of nitrogens with zero attached hydrogens (tertiary/aromatic N) is 4. The molecule has 10 nitrogen and oxygen atoms in total. The molecule has 3 heterocycles. The number of carbonyl (C=O) groups is 1. The van der Waals surface area contributed by atoms with E-state index in [9.17, 15) is 14.4 Å². The van der Waals surface area contributed by atoms with Gasteiger partial charge in [0.1, 0.15) is 5.01 Å². The first-order valence-corrected chi connectivity index (χ1v) is 8.98. The van der Waals surface area contributed by atoms with Crippen molar-refractivity contribution in [2.45, 2.75) is 5.03 Å². The second kappa shape index (κ2) is 8.31. The fraction of sp³-hybridized carbons (Fsp3) is 0.0714. The number of H-pyrrole nitrogens is 2. The summed E-state index contributed by atoms with van der Waals surface area (Å²) in [5.41, 5.74) is 2.43. The number of hydrogen-bond acceptors (Lipinski definition) is 9. The number of carbonyl (C=O) groups excluding carboxylic acids is 1. The number of pyridine rings is 1. The molecule has 0 aromatic carbocycles. The van der Waals surface area contributed by atoms with Gasteiger partial charge in [0.2, 0.25) is 5.91 Å². The molecule has 0 fully saturated rings. The highest BCUT2D eigenvalue weighted by molar-refractivity contribution is 7.99. The van der Waals surface area contributed by atoms with Gasteiger partial charge in [-0.1, -0.05) is 11.8 Å². The number of nitrogens with one attached hydrogen (secondary N) is 3. The average Bonchev–Trinajstić information content (AvgIpc) is 3.16. The summed E-state index contributed by atoms with van der Waals surface area (Å²) in [6.07, 6.45) is 4.80. The summed E-state index contributed by atoms with van der Waals surface area (Å²) in [7, 11) is 0. The number of amides is 1. The molecule has 3 rings (SSSR count). The Morgan fingerprint density at radius 2 is 2.23 bits per heavy atom. The minimum Gasteiger partial charge on any atom is -0.272 e. The van der Waals surface area contributed by atoms with Crippen LogP contribution in [-0.4, -0.2) is 43.0 Å². The minimum absolute atomic E-state index is 0.0110. The zero-order valence-electron chi connectivity index (χ0n) is 13.0. The molecular weight excluding hydrogens is 378 g/mol. The number of thiazole rings is 1. The van der Waals surface area contributed by atoms with Gasteiger partial charge in [0.25, 0.3) is 5.56 Å². The molecule has 3 N–H and O–H groups in total. The Hall–Kier alpha value is -3.12. The van der Waals surface area contributed by atoms with Gasteiger partial charge in [0.15, 0.2) is 5.03 Å². The second-order valence-electron chi connectivity index (χ2n) is 4.70. The van der Waals surface area contributed by atoms with Crippen LogP contribution in [0.3, 0.4) is 0 Å². The van der Waals surface area contributed by atoms with Gasteiger partial charge in [-0.25, -0.2) is 20.3 Å². The molecule has 0 unspecified atom stereocenters. The van der Waals surface area contributed by atoms with Crippen LogP contribution in [0.25, 0.3) is 10.6 Å². The molecule has 1 amide bonds. The zero-order chi connectivity index (χ0) is 18.4. The largest absolute Gasteiger partial charge is 0.342 e. The highest BCUT2D eigenvalue weighted by atomic mass is 32.2. The third-order valence-corrected chi connectivity index (χ3v) is 4.65. The Morgan fingerprint density at radius 3 is 2.92 bits per heavy atom. The summed E-state index contributed by atoms with van der Waals surface area (Å²) in [4.78, 5) is 44.4. The first-order valence-electron chi connectivity index (χ1n) is 7.11. The van der Waals surface area contributed by atoms with Gasteiger partial charge >= 0.3 is 5.69 Å². The van der Waals surface area contributed by atoms with Crippen LogP contribution in [0.15, 0.2) is 49.6 Å². The summed E-state index contributed by atoms with van der Waals surface area (Å²) in [6, 6.07) is 3.61. The van der Waals surface area contributed by atoms with Crippen molar-refractivity contribution in [3.63, 3.8) is 0 Å². The summed E-state index contributed by atoms with van der Waals surface area (Å²) in [6.45, 7) is 0. The molecule has 0 aliphatic carbocycles. The molecule has 0 saturated heterocycles. The van der Waals surface area contributed by atoms with Crippen LogP contribution in [-0.2, 0) is 4.79 Å². The number of hydrogen-bond donors (Lipinski definition) is 3. The molecular formula is C14H11N7O3S2. The van der Waals surface area contributed by atoms with Gasteiger partial charge < -0.3 is 0 Å². The van der Waals surface area contributed by atoms with Crippen molar-refractivity contribution in [2.24, 2.45) is 5.10 Å². The highest BCUT2D eigenvalue weighted by Gasteiger charge is 2.07. The Bertz CT molecular complexity index is 1030. The molecule has 3 aromatic heterocycles. The molecule has 0 aliphatic heterocycles. The lowest BCUT2D eigenvalue weighted by atomic mass is 10.2. The molecule has 12 heteroatoms. The Kier molecular flexibility index (Phi) is 5.66. The summed E-state index contributed by atoms with van der Waals surface area (Å²) in [5.74, 6) is -0.520. The number of aromatic nitrogens is 5. The van der Waals surface area contributed by atoms with Crippen LogP contribution in [0.5, 0.6) is 0 Å². The van der Waals surface area contributed by atoms with Crippen molar-refractivity contribution in [3.05, 3.63) is 56.4 Å². The van der Waals surface area contributed by atoms with E-state index in [0.29, 0.717) is 5.69 Å². The maximum Gasteiger partial charge on any atom is 0.342 e. The van der Waals surface area contributed by atoms with E-state index in [1.165, 1.54) is 17.6 Å². The quantitative estimate of drug-likeness (QED) is 0.310. The maximum absolute atomic E-state index is 11.7. The number of rotatable bonds is 6. The van der Waals surface area contributed by atoms with Crippen LogP contribution >= 0.6 is 23.1 Å². The lowest BCUT2D eigenvalue weighted by Gasteiger charge is -1.99. The molecule has 26 heavy (non-hydrogen) atoms.